The van der Waals surface area contributed by atoms with Gasteiger partial charge in [0.2, 0.25) is 0 Å². The minimum atomic E-state index is 2.00. The van der Waals surface area contributed by atoms with E-state index in [1.165, 1.54) is 0 Å². The Morgan fingerprint density at radius 3 is 1.33 bits per heavy atom. The maximum Gasteiger partial charge on any atom is -0.0467 e. The van der Waals surface area contributed by atoms with Crippen molar-refractivity contribution in [2.45, 2.75) is 13.8 Å². The molecule has 0 unspecified atom stereocenters. The van der Waals surface area contributed by atoms with Gasteiger partial charge in [0, 0.05) is 0 Å². The van der Waals surface area contributed by atoms with E-state index in [0.29, 0.717) is 0 Å². The molecule has 0 aromatic carbocycles. The number of allylic oxidation sites excluding steroid dienone is 4. The Hall–Kier alpha value is -0.520. The summed E-state index contributed by atoms with van der Waals surface area (Å²) in [4.78, 5) is 0. The van der Waals surface area contributed by atoms with E-state index < -0.39 is 0 Å². The molecule has 0 aromatic heterocycles. The standard InChI is InChI=1S/C6H10/c1-3-5-6-4-2/h3-6H,1-2H3/b5-3+,6-4?. The van der Waals surface area contributed by atoms with Gasteiger partial charge >= 0.3 is 0 Å². The highest BCUT2D eigenvalue weighted by atomic mass is 13.6. The van der Waals surface area contributed by atoms with Crippen LogP contribution in [-0.2, 0) is 0 Å². The van der Waals surface area contributed by atoms with Crippen molar-refractivity contribution < 1.29 is 0 Å². The van der Waals surface area contributed by atoms with E-state index in [1.807, 2.05) is 38.2 Å². The van der Waals surface area contributed by atoms with Gasteiger partial charge in [0.25, 0.3) is 0 Å². The van der Waals surface area contributed by atoms with Gasteiger partial charge < -0.3 is 0 Å². The first-order valence-electron chi connectivity index (χ1n) is 2.15. The zero-order valence-electron chi connectivity index (χ0n) is 4.31. The van der Waals surface area contributed by atoms with Crippen molar-refractivity contribution in [3.63, 3.8) is 0 Å². The first-order valence-corrected chi connectivity index (χ1v) is 2.15. The van der Waals surface area contributed by atoms with Crippen LogP contribution in [0.25, 0.3) is 0 Å². The zero-order valence-corrected chi connectivity index (χ0v) is 4.31. The number of hydrogen-bond donors (Lipinski definition) is 0. The molecule has 0 aromatic rings. The van der Waals surface area contributed by atoms with Crippen LogP contribution >= 0.6 is 0 Å². The summed E-state index contributed by atoms with van der Waals surface area (Å²) in [7, 11) is 0. The predicted octanol–water partition coefficient (Wildman–Crippen LogP) is 2.14. The van der Waals surface area contributed by atoms with Crippen LogP contribution in [0.2, 0.25) is 0 Å². The van der Waals surface area contributed by atoms with E-state index in [4.69, 9.17) is 0 Å². The van der Waals surface area contributed by atoms with Gasteiger partial charge in [-0.25, -0.2) is 0 Å². The molecule has 0 atom stereocenters. The molecule has 0 bridgehead atoms. The van der Waals surface area contributed by atoms with Gasteiger partial charge in [-0.05, 0) is 13.8 Å². The van der Waals surface area contributed by atoms with Crippen LogP contribution in [-0.4, -0.2) is 0 Å². The molecular formula is C6H10. The SMILES string of the molecule is CC=C/C=C/C. The van der Waals surface area contributed by atoms with E-state index in [9.17, 15) is 0 Å². The molecule has 0 heterocycles. The van der Waals surface area contributed by atoms with Crippen LogP contribution in [0.15, 0.2) is 24.3 Å². The summed E-state index contributed by atoms with van der Waals surface area (Å²) in [5.74, 6) is 0. The molecule has 0 N–H and O–H groups in total. The zero-order chi connectivity index (χ0) is 4.83. The van der Waals surface area contributed by atoms with Gasteiger partial charge in [0.15, 0.2) is 0 Å². The maximum absolute atomic E-state index is 2.00. The van der Waals surface area contributed by atoms with Crippen LogP contribution in [0, 0.1) is 0 Å². The fourth-order valence-electron chi connectivity index (χ4n) is 0.222. The first-order chi connectivity index (χ1) is 2.91. The van der Waals surface area contributed by atoms with Gasteiger partial charge in [-0.15, -0.1) is 0 Å². The molecular weight excluding hydrogens is 72.1 g/mol. The molecule has 0 rings (SSSR count). The van der Waals surface area contributed by atoms with E-state index in [2.05, 4.69) is 0 Å². The quantitative estimate of drug-likeness (QED) is 0.425. The van der Waals surface area contributed by atoms with Crippen molar-refractivity contribution >= 4 is 0 Å². The Morgan fingerprint density at radius 1 is 0.833 bits per heavy atom. The Bertz CT molecular complexity index is 48.4. The molecule has 0 aliphatic carbocycles. The molecule has 0 radical (unpaired) electrons. The van der Waals surface area contributed by atoms with Crippen LogP contribution in [0.3, 0.4) is 0 Å². The summed E-state index contributed by atoms with van der Waals surface area (Å²) in [5, 5.41) is 0. The van der Waals surface area contributed by atoms with Crippen LogP contribution in [0.4, 0.5) is 0 Å². The van der Waals surface area contributed by atoms with Gasteiger partial charge in [-0.3, -0.25) is 0 Å². The van der Waals surface area contributed by atoms with Crippen molar-refractivity contribution in [1.29, 1.82) is 0 Å². The van der Waals surface area contributed by atoms with E-state index in [-0.39, 0.29) is 0 Å². The van der Waals surface area contributed by atoms with Crippen molar-refractivity contribution in [3.05, 3.63) is 24.3 Å². The molecule has 34 valence electrons. The fourth-order valence-corrected chi connectivity index (χ4v) is 0.222. The minimum Gasteiger partial charge on any atom is -0.0877 e. The molecule has 0 heteroatoms. The second-order valence-corrected chi connectivity index (χ2v) is 1.05. The van der Waals surface area contributed by atoms with Crippen molar-refractivity contribution in [1.82, 2.24) is 0 Å². The Kier molecular flexibility index (Phi) is 4.09. The molecule has 0 aliphatic heterocycles. The molecule has 0 saturated heterocycles. The van der Waals surface area contributed by atoms with Crippen LogP contribution in [0.5, 0.6) is 0 Å². The predicted molar refractivity (Wildman–Crippen MR) is 29.6 cm³/mol. The first kappa shape index (κ1) is 5.48. The Balaban J connectivity index is 3.07. The van der Waals surface area contributed by atoms with Crippen LogP contribution < -0.4 is 0 Å². The Morgan fingerprint density at radius 2 is 1.17 bits per heavy atom. The summed E-state index contributed by atoms with van der Waals surface area (Å²) in [6, 6.07) is 0. The maximum atomic E-state index is 2.00. The van der Waals surface area contributed by atoms with E-state index in [0.717, 1.165) is 0 Å². The highest BCUT2D eigenvalue weighted by Gasteiger charge is 1.48. The average molecular weight is 82.1 g/mol. The molecule has 0 spiro atoms. The lowest BCUT2D eigenvalue weighted by atomic mass is 10.5. The van der Waals surface area contributed by atoms with E-state index >= 15 is 0 Å². The monoisotopic (exact) mass is 82.1 g/mol. The molecule has 0 saturated carbocycles. The van der Waals surface area contributed by atoms with Crippen molar-refractivity contribution in [3.8, 4) is 0 Å². The van der Waals surface area contributed by atoms with Crippen molar-refractivity contribution in [2.75, 3.05) is 0 Å². The lowest BCUT2D eigenvalue weighted by Gasteiger charge is -1.62. The van der Waals surface area contributed by atoms with E-state index in [1.54, 1.807) is 0 Å². The number of rotatable bonds is 1. The third-order valence-corrected chi connectivity index (χ3v) is 0.496. The second-order valence-electron chi connectivity index (χ2n) is 1.05. The number of hydrogen-bond acceptors (Lipinski definition) is 0. The van der Waals surface area contributed by atoms with Gasteiger partial charge in [-0.1, -0.05) is 24.3 Å². The third-order valence-electron chi connectivity index (χ3n) is 0.496. The lowest BCUT2D eigenvalue weighted by Crippen LogP contribution is -1.40. The summed E-state index contributed by atoms with van der Waals surface area (Å²) in [5.41, 5.74) is 0. The second kappa shape index (κ2) is 4.48. The van der Waals surface area contributed by atoms with Gasteiger partial charge in [0.1, 0.15) is 0 Å². The van der Waals surface area contributed by atoms with Gasteiger partial charge in [0.05, 0.1) is 0 Å². The molecule has 0 amide bonds. The summed E-state index contributed by atoms with van der Waals surface area (Å²) >= 11 is 0. The Labute approximate surface area is 39.2 Å². The normalized spacial score (nSPS) is 11.7. The highest BCUT2D eigenvalue weighted by Crippen LogP contribution is 1.71. The smallest absolute Gasteiger partial charge is 0.0467 e. The van der Waals surface area contributed by atoms with Crippen molar-refractivity contribution in [2.24, 2.45) is 0 Å². The highest BCUT2D eigenvalue weighted by molar-refractivity contribution is 4.98. The minimum absolute atomic E-state index is 2.00. The topological polar surface area (TPSA) is 0 Å². The molecule has 0 aliphatic rings. The van der Waals surface area contributed by atoms with Crippen LogP contribution in [0.1, 0.15) is 13.8 Å². The summed E-state index contributed by atoms with van der Waals surface area (Å²) in [6.45, 7) is 4.00. The summed E-state index contributed by atoms with van der Waals surface area (Å²) in [6.07, 6.45) is 8.00. The average Bonchev–Trinajstić information content (AvgIpc) is 1.61. The largest absolute Gasteiger partial charge is 0.0877 e. The lowest BCUT2D eigenvalue weighted by molar-refractivity contribution is 1.69. The fraction of sp³-hybridized carbons (Fsp3) is 0.333. The third kappa shape index (κ3) is 3.48. The molecule has 0 fully saturated rings. The molecule has 0 nitrogen and oxygen atoms in total. The molecule has 6 heavy (non-hydrogen) atoms. The summed E-state index contributed by atoms with van der Waals surface area (Å²) < 4.78 is 0. The van der Waals surface area contributed by atoms with Gasteiger partial charge in [-0.2, -0.15) is 0 Å².